The van der Waals surface area contributed by atoms with Gasteiger partial charge in [-0.1, -0.05) is 29.8 Å². The Morgan fingerprint density at radius 1 is 1.12 bits per heavy atom. The van der Waals surface area contributed by atoms with E-state index in [1.807, 2.05) is 18.2 Å². The van der Waals surface area contributed by atoms with Crippen molar-refractivity contribution in [1.29, 1.82) is 0 Å². The van der Waals surface area contributed by atoms with Crippen LogP contribution < -0.4 is 5.73 Å². The van der Waals surface area contributed by atoms with E-state index in [2.05, 4.69) is 4.90 Å². The van der Waals surface area contributed by atoms with Crippen molar-refractivity contribution in [3.05, 3.63) is 46.2 Å². The minimum absolute atomic E-state index is 0.0309. The number of allylic oxidation sites excluding steroid dienone is 5. The molecule has 3 atom stereocenters. The number of nitrogens with zero attached hydrogens (tertiary/aromatic N) is 2. The molecule has 2 aliphatic carbocycles. The molecule has 0 aromatic rings. The number of hydrogen-bond donors (Lipinski definition) is 1. The minimum Gasteiger partial charge on any atom is -0.400 e. The summed E-state index contributed by atoms with van der Waals surface area (Å²) < 4.78 is 0. The summed E-state index contributed by atoms with van der Waals surface area (Å²) in [6.07, 6.45) is 9.42. The number of imide groups is 1. The Morgan fingerprint density at radius 3 is 2.52 bits per heavy atom. The topological polar surface area (TPSA) is 66.6 Å². The summed E-state index contributed by atoms with van der Waals surface area (Å²) in [7, 11) is 0. The molecule has 3 unspecified atom stereocenters. The van der Waals surface area contributed by atoms with Crippen LogP contribution in [-0.2, 0) is 9.59 Å². The number of halogens is 1. The Labute approximate surface area is 151 Å². The number of carbonyl (C=O) groups excluding carboxylic acids is 2. The number of piperidine rings is 4. The van der Waals surface area contributed by atoms with Gasteiger partial charge in [-0.2, -0.15) is 0 Å². The Bertz CT molecular complexity index is 801. The Balaban J connectivity index is 1.60. The molecule has 4 aliphatic heterocycles. The van der Waals surface area contributed by atoms with Gasteiger partial charge in [0.1, 0.15) is 0 Å². The molecule has 25 heavy (non-hydrogen) atoms. The average Bonchev–Trinajstić information content (AvgIpc) is 2.64. The molecular formula is C19H20ClN3O2. The fourth-order valence-electron chi connectivity index (χ4n) is 5.10. The van der Waals surface area contributed by atoms with E-state index in [-0.39, 0.29) is 29.7 Å². The van der Waals surface area contributed by atoms with Crippen LogP contribution in [0.5, 0.6) is 0 Å². The predicted octanol–water partition coefficient (Wildman–Crippen LogP) is 1.53. The number of amides is 2. The van der Waals surface area contributed by atoms with Crippen LogP contribution in [0, 0.1) is 17.8 Å². The van der Waals surface area contributed by atoms with Crippen molar-refractivity contribution < 1.29 is 9.59 Å². The first-order valence-corrected chi connectivity index (χ1v) is 9.29. The van der Waals surface area contributed by atoms with Crippen LogP contribution in [0.4, 0.5) is 0 Å². The molecule has 0 saturated carbocycles. The van der Waals surface area contributed by atoms with Crippen molar-refractivity contribution in [2.75, 3.05) is 19.6 Å². The zero-order valence-electron chi connectivity index (χ0n) is 13.8. The largest absolute Gasteiger partial charge is 0.400 e. The molecule has 6 rings (SSSR count). The number of hydrogen-bond acceptors (Lipinski definition) is 4. The smallest absolute Gasteiger partial charge is 0.257 e. The van der Waals surface area contributed by atoms with Crippen LogP contribution >= 0.6 is 11.6 Å². The van der Waals surface area contributed by atoms with Crippen molar-refractivity contribution in [3.63, 3.8) is 0 Å². The molecule has 6 heteroatoms. The van der Waals surface area contributed by atoms with E-state index in [0.29, 0.717) is 27.8 Å². The number of carbonyl (C=O) groups is 2. The van der Waals surface area contributed by atoms with Gasteiger partial charge in [0.15, 0.2) is 0 Å². The van der Waals surface area contributed by atoms with Gasteiger partial charge in [-0.05, 0) is 37.9 Å². The highest BCUT2D eigenvalue weighted by Crippen LogP contribution is 2.46. The van der Waals surface area contributed by atoms with Gasteiger partial charge in [0.25, 0.3) is 11.8 Å². The SMILES string of the molecule is NC1=C(Cl)C=C2C(=O)N(C3CN4CCC3CC4)C(=O)C3=CC=CC1C32. The quantitative estimate of drug-likeness (QED) is 0.723. The van der Waals surface area contributed by atoms with Crippen LogP contribution in [0.3, 0.4) is 0 Å². The second-order valence-corrected chi connectivity index (χ2v) is 8.01. The van der Waals surface area contributed by atoms with Crippen molar-refractivity contribution in [1.82, 2.24) is 9.80 Å². The summed E-state index contributed by atoms with van der Waals surface area (Å²) in [5.74, 6) is -0.410. The first-order valence-electron chi connectivity index (χ1n) is 8.91. The molecular weight excluding hydrogens is 338 g/mol. The van der Waals surface area contributed by atoms with Gasteiger partial charge in [-0.3, -0.25) is 14.5 Å². The first-order chi connectivity index (χ1) is 12.1. The van der Waals surface area contributed by atoms with E-state index in [9.17, 15) is 9.59 Å². The van der Waals surface area contributed by atoms with Crippen molar-refractivity contribution in [2.45, 2.75) is 18.9 Å². The van der Waals surface area contributed by atoms with E-state index >= 15 is 0 Å². The third-order valence-electron chi connectivity index (χ3n) is 6.43. The molecule has 0 spiro atoms. The summed E-state index contributed by atoms with van der Waals surface area (Å²) >= 11 is 6.29. The molecule has 4 saturated heterocycles. The van der Waals surface area contributed by atoms with Crippen LogP contribution in [0.2, 0.25) is 0 Å². The van der Waals surface area contributed by atoms with Gasteiger partial charge in [0.2, 0.25) is 0 Å². The lowest BCUT2D eigenvalue weighted by atomic mass is 9.69. The monoisotopic (exact) mass is 357 g/mol. The summed E-state index contributed by atoms with van der Waals surface area (Å²) in [6, 6.07) is -0.0309. The zero-order chi connectivity index (χ0) is 17.3. The normalized spacial score (nSPS) is 39.4. The first kappa shape index (κ1) is 15.4. The molecule has 130 valence electrons. The summed E-state index contributed by atoms with van der Waals surface area (Å²) in [6.45, 7) is 2.93. The lowest BCUT2D eigenvalue weighted by Gasteiger charge is -2.51. The molecule has 4 heterocycles. The number of rotatable bonds is 1. The minimum atomic E-state index is -0.287. The van der Waals surface area contributed by atoms with Gasteiger partial charge in [-0.25, -0.2) is 0 Å². The summed E-state index contributed by atoms with van der Waals surface area (Å²) in [5.41, 5.74) is 7.95. The summed E-state index contributed by atoms with van der Waals surface area (Å²) in [4.78, 5) is 30.4. The van der Waals surface area contributed by atoms with Crippen LogP contribution in [0.25, 0.3) is 0 Å². The Hall–Kier alpha value is -1.85. The standard InChI is InChI=1S/C19H20ClN3O2/c20-14-8-13-16-11(17(14)21)2-1-3-12(16)18(24)23(19(13)25)15-9-22-6-4-10(15)5-7-22/h1-3,8,10-11,15-16H,4-7,9,21H2. The van der Waals surface area contributed by atoms with Gasteiger partial charge >= 0.3 is 0 Å². The lowest BCUT2D eigenvalue weighted by molar-refractivity contribution is -0.150. The van der Waals surface area contributed by atoms with E-state index in [4.69, 9.17) is 17.3 Å². The maximum atomic E-state index is 13.3. The Morgan fingerprint density at radius 2 is 1.84 bits per heavy atom. The van der Waals surface area contributed by atoms with Gasteiger partial charge in [0, 0.05) is 35.2 Å². The number of likely N-dealkylation sites (tertiary alicyclic amines) is 1. The highest BCUT2D eigenvalue weighted by molar-refractivity contribution is 6.32. The van der Waals surface area contributed by atoms with Crippen molar-refractivity contribution in [2.24, 2.45) is 23.5 Å². The molecule has 2 N–H and O–H groups in total. The molecule has 0 radical (unpaired) electrons. The molecule has 0 aromatic carbocycles. The zero-order valence-corrected chi connectivity index (χ0v) is 14.6. The van der Waals surface area contributed by atoms with E-state index in [0.717, 1.165) is 32.5 Å². The van der Waals surface area contributed by atoms with Gasteiger partial charge in [-0.15, -0.1) is 0 Å². The van der Waals surface area contributed by atoms with Gasteiger partial charge < -0.3 is 10.6 Å². The third-order valence-corrected chi connectivity index (χ3v) is 6.75. The highest BCUT2D eigenvalue weighted by Gasteiger charge is 2.51. The van der Waals surface area contributed by atoms with E-state index < -0.39 is 0 Å². The number of fused-ring (bicyclic) bond motifs is 3. The van der Waals surface area contributed by atoms with Crippen LogP contribution in [-0.4, -0.2) is 47.3 Å². The molecule has 2 amide bonds. The average molecular weight is 358 g/mol. The van der Waals surface area contributed by atoms with Crippen molar-refractivity contribution in [3.8, 4) is 0 Å². The van der Waals surface area contributed by atoms with Crippen LogP contribution in [0.15, 0.2) is 46.2 Å². The lowest BCUT2D eigenvalue weighted by Crippen LogP contribution is -2.63. The molecule has 6 aliphatic rings. The maximum absolute atomic E-state index is 13.3. The Kier molecular flexibility index (Phi) is 3.28. The molecule has 5 nitrogen and oxygen atoms in total. The van der Waals surface area contributed by atoms with Crippen molar-refractivity contribution >= 4 is 23.4 Å². The fourth-order valence-corrected chi connectivity index (χ4v) is 5.34. The van der Waals surface area contributed by atoms with Gasteiger partial charge in [0.05, 0.1) is 11.1 Å². The van der Waals surface area contributed by atoms with E-state index in [1.54, 1.807) is 6.08 Å². The second kappa shape index (κ2) is 5.32. The molecule has 2 bridgehead atoms. The number of nitrogens with two attached hydrogens (primary N) is 1. The molecule has 0 aromatic heterocycles. The summed E-state index contributed by atoms with van der Waals surface area (Å²) in [5, 5.41) is 0.415. The van der Waals surface area contributed by atoms with Crippen LogP contribution in [0.1, 0.15) is 12.8 Å². The predicted molar refractivity (Wildman–Crippen MR) is 94.2 cm³/mol. The fraction of sp³-hybridized carbons (Fsp3) is 0.474. The second-order valence-electron chi connectivity index (χ2n) is 7.60. The highest BCUT2D eigenvalue weighted by atomic mass is 35.5. The maximum Gasteiger partial charge on any atom is 0.257 e. The molecule has 4 fully saturated rings. The third kappa shape index (κ3) is 2.06. The van der Waals surface area contributed by atoms with E-state index in [1.165, 1.54) is 4.90 Å².